The van der Waals surface area contributed by atoms with Crippen LogP contribution in [0.25, 0.3) is 0 Å². The number of carboxylic acids is 1. The van der Waals surface area contributed by atoms with Crippen LogP contribution in [0.4, 0.5) is 4.79 Å². The van der Waals surface area contributed by atoms with Crippen molar-refractivity contribution < 1.29 is 14.7 Å². The monoisotopic (exact) mass is 268 g/mol. The van der Waals surface area contributed by atoms with Crippen LogP contribution in [0.3, 0.4) is 0 Å². The van der Waals surface area contributed by atoms with Crippen molar-refractivity contribution in [3.8, 4) is 0 Å². The highest BCUT2D eigenvalue weighted by atomic mass is 16.4. The zero-order chi connectivity index (χ0) is 13.8. The lowest BCUT2D eigenvalue weighted by molar-refractivity contribution is -0.143. The summed E-state index contributed by atoms with van der Waals surface area (Å²) < 4.78 is 0. The predicted molar refractivity (Wildman–Crippen MR) is 63.1 cm³/mol. The molecule has 104 valence electrons. The second-order valence-electron chi connectivity index (χ2n) is 4.56. The molecule has 1 fully saturated rings. The molecule has 0 saturated carbocycles. The van der Waals surface area contributed by atoms with Crippen LogP contribution in [0, 0.1) is 5.92 Å². The smallest absolute Gasteiger partial charge is 0.318 e. The van der Waals surface area contributed by atoms with E-state index in [1.807, 2.05) is 0 Å². The first-order valence-electron chi connectivity index (χ1n) is 6.09. The Labute approximate surface area is 109 Å². The average molecular weight is 268 g/mol. The second kappa shape index (κ2) is 5.63. The largest absolute Gasteiger partial charge is 0.481 e. The zero-order valence-electron chi connectivity index (χ0n) is 10.5. The second-order valence-corrected chi connectivity index (χ2v) is 4.56. The maximum Gasteiger partial charge on any atom is 0.318 e. The number of rotatable bonds is 3. The molecule has 1 saturated heterocycles. The Morgan fingerprint density at radius 1 is 1.58 bits per heavy atom. The molecule has 1 unspecified atom stereocenters. The molecule has 9 heteroatoms. The Bertz CT molecular complexity index is 448. The lowest BCUT2D eigenvalue weighted by atomic mass is 9.99. The van der Waals surface area contributed by atoms with Crippen LogP contribution >= 0.6 is 0 Å². The van der Waals surface area contributed by atoms with Crippen LogP contribution < -0.4 is 5.32 Å². The van der Waals surface area contributed by atoms with Gasteiger partial charge < -0.3 is 15.3 Å². The van der Waals surface area contributed by atoms with Gasteiger partial charge in [0.25, 0.3) is 0 Å². The molecular weight excluding hydrogens is 252 g/mol. The summed E-state index contributed by atoms with van der Waals surface area (Å²) in [6, 6.07) is -0.681. The highest BCUT2D eigenvalue weighted by Crippen LogP contribution is 2.17. The highest BCUT2D eigenvalue weighted by Gasteiger charge is 2.29. The summed E-state index contributed by atoms with van der Waals surface area (Å²) in [6.07, 6.45) is 1.31. The maximum atomic E-state index is 12.0. The maximum absolute atomic E-state index is 12.0. The number of carbonyl (C=O) groups is 2. The fraction of sp³-hybridized carbons (Fsp3) is 0.700. The number of carbonyl (C=O) groups excluding carboxylic acids is 1. The number of aromatic amines is 1. The van der Waals surface area contributed by atoms with Crippen molar-refractivity contribution in [2.45, 2.75) is 25.8 Å². The Kier molecular flexibility index (Phi) is 3.93. The lowest BCUT2D eigenvalue weighted by Gasteiger charge is -2.31. The number of H-pyrrole nitrogens is 1. The predicted octanol–water partition coefficient (Wildman–Crippen LogP) is -0.233. The minimum Gasteiger partial charge on any atom is -0.481 e. The first kappa shape index (κ1) is 13.2. The summed E-state index contributed by atoms with van der Waals surface area (Å²) >= 11 is 0. The molecule has 2 rings (SSSR count). The molecule has 1 aromatic heterocycles. The molecule has 19 heavy (non-hydrogen) atoms. The molecule has 0 radical (unpaired) electrons. The molecule has 3 N–H and O–H groups in total. The number of piperidine rings is 1. The third-order valence-corrected chi connectivity index (χ3v) is 3.15. The molecule has 1 aliphatic rings. The molecule has 2 heterocycles. The summed E-state index contributed by atoms with van der Waals surface area (Å²) in [6.45, 7) is 2.54. The Morgan fingerprint density at radius 3 is 3.00 bits per heavy atom. The molecule has 1 aliphatic heterocycles. The molecule has 0 aromatic carbocycles. The zero-order valence-corrected chi connectivity index (χ0v) is 10.5. The van der Waals surface area contributed by atoms with Gasteiger partial charge >= 0.3 is 12.0 Å². The molecule has 0 aliphatic carbocycles. The third kappa shape index (κ3) is 3.18. The molecule has 2 amide bonds. The van der Waals surface area contributed by atoms with Crippen LogP contribution in [0.2, 0.25) is 0 Å². The summed E-state index contributed by atoms with van der Waals surface area (Å²) in [4.78, 5) is 24.5. The van der Waals surface area contributed by atoms with Crippen molar-refractivity contribution in [1.82, 2.24) is 30.8 Å². The van der Waals surface area contributed by atoms with Crippen molar-refractivity contribution in [1.29, 1.82) is 0 Å². The average Bonchev–Trinajstić information content (AvgIpc) is 2.92. The van der Waals surface area contributed by atoms with Crippen LogP contribution in [0.5, 0.6) is 0 Å². The van der Waals surface area contributed by atoms with Gasteiger partial charge in [-0.2, -0.15) is 5.21 Å². The Morgan fingerprint density at radius 2 is 2.37 bits per heavy atom. The molecule has 1 aromatic rings. The van der Waals surface area contributed by atoms with Gasteiger partial charge in [0, 0.05) is 13.1 Å². The van der Waals surface area contributed by atoms with Crippen LogP contribution in [-0.2, 0) is 4.79 Å². The minimum atomic E-state index is -0.858. The van der Waals surface area contributed by atoms with E-state index in [4.69, 9.17) is 5.11 Å². The van der Waals surface area contributed by atoms with Gasteiger partial charge in [-0.05, 0) is 19.8 Å². The van der Waals surface area contributed by atoms with E-state index in [1.165, 1.54) is 4.90 Å². The number of likely N-dealkylation sites (tertiary alicyclic amines) is 1. The fourth-order valence-electron chi connectivity index (χ4n) is 2.06. The number of hydrogen-bond donors (Lipinski definition) is 3. The number of aromatic nitrogens is 4. The number of urea groups is 1. The van der Waals surface area contributed by atoms with E-state index in [2.05, 4.69) is 25.9 Å². The fourth-order valence-corrected chi connectivity index (χ4v) is 2.06. The van der Waals surface area contributed by atoms with E-state index in [0.717, 1.165) is 0 Å². The van der Waals surface area contributed by atoms with E-state index in [1.54, 1.807) is 6.92 Å². The lowest BCUT2D eigenvalue weighted by Crippen LogP contribution is -2.47. The number of hydrogen-bond acceptors (Lipinski definition) is 5. The minimum absolute atomic E-state index is 0.236. The first-order valence-corrected chi connectivity index (χ1v) is 6.09. The normalized spacial score (nSPS) is 20.9. The standard InChI is InChI=1S/C10H16N6O3/c1-6(8-12-14-15-13-8)11-10(19)16-4-2-3-7(5-16)9(17)18/h6-7H,2-5H2,1H3,(H,11,19)(H,17,18)(H,12,13,14,15)/t6?,7-/m0/s1. The Hall–Kier alpha value is -2.19. The first-order chi connectivity index (χ1) is 9.08. The number of nitrogens with one attached hydrogen (secondary N) is 2. The van der Waals surface area contributed by atoms with Crippen LogP contribution in [-0.4, -0.2) is 55.7 Å². The summed E-state index contributed by atoms with van der Waals surface area (Å²) in [5, 5.41) is 25.0. The number of aliphatic carboxylic acids is 1. The van der Waals surface area contributed by atoms with Gasteiger partial charge in [0.15, 0.2) is 5.82 Å². The summed E-state index contributed by atoms with van der Waals surface area (Å²) in [7, 11) is 0. The molecule has 2 atom stereocenters. The quantitative estimate of drug-likeness (QED) is 0.695. The number of carboxylic acid groups (broad SMARTS) is 1. The topological polar surface area (TPSA) is 124 Å². The number of amides is 2. The van der Waals surface area contributed by atoms with Gasteiger partial charge in [-0.3, -0.25) is 4.79 Å². The van der Waals surface area contributed by atoms with E-state index in [9.17, 15) is 9.59 Å². The van der Waals surface area contributed by atoms with E-state index in [0.29, 0.717) is 25.2 Å². The van der Waals surface area contributed by atoms with Crippen molar-refractivity contribution in [3.05, 3.63) is 5.82 Å². The molecule has 0 spiro atoms. The van der Waals surface area contributed by atoms with Crippen LogP contribution in [0.1, 0.15) is 31.6 Å². The van der Waals surface area contributed by atoms with Crippen molar-refractivity contribution in [2.24, 2.45) is 5.92 Å². The van der Waals surface area contributed by atoms with E-state index in [-0.39, 0.29) is 18.6 Å². The number of tetrazole rings is 1. The number of nitrogens with zero attached hydrogens (tertiary/aromatic N) is 4. The van der Waals surface area contributed by atoms with Crippen molar-refractivity contribution >= 4 is 12.0 Å². The van der Waals surface area contributed by atoms with Gasteiger partial charge in [0.1, 0.15) is 0 Å². The van der Waals surface area contributed by atoms with Gasteiger partial charge in [-0.25, -0.2) is 4.79 Å². The third-order valence-electron chi connectivity index (χ3n) is 3.15. The SMILES string of the molecule is CC(NC(=O)N1CCC[C@H](C(=O)O)C1)c1nn[nH]n1. The van der Waals surface area contributed by atoms with Crippen molar-refractivity contribution in [2.75, 3.05) is 13.1 Å². The summed E-state index contributed by atoms with van der Waals surface area (Å²) in [5.41, 5.74) is 0. The van der Waals surface area contributed by atoms with E-state index >= 15 is 0 Å². The highest BCUT2D eigenvalue weighted by molar-refractivity contribution is 5.76. The van der Waals surface area contributed by atoms with Gasteiger partial charge in [0.05, 0.1) is 12.0 Å². The summed E-state index contributed by atoms with van der Waals surface area (Å²) in [5.74, 6) is -0.955. The van der Waals surface area contributed by atoms with E-state index < -0.39 is 11.9 Å². The molecule has 9 nitrogen and oxygen atoms in total. The van der Waals surface area contributed by atoms with Gasteiger partial charge in [0.2, 0.25) is 0 Å². The van der Waals surface area contributed by atoms with Gasteiger partial charge in [-0.1, -0.05) is 5.21 Å². The van der Waals surface area contributed by atoms with Gasteiger partial charge in [-0.15, -0.1) is 10.2 Å². The van der Waals surface area contributed by atoms with Crippen molar-refractivity contribution in [3.63, 3.8) is 0 Å². The molecular formula is C10H16N6O3. The van der Waals surface area contributed by atoms with Crippen LogP contribution in [0.15, 0.2) is 0 Å². The molecule has 0 bridgehead atoms. The Balaban J connectivity index is 1.91.